The second-order valence-electron chi connectivity index (χ2n) is 2.80. The van der Waals surface area contributed by atoms with Gasteiger partial charge < -0.3 is 9.52 Å². The minimum Gasteiger partial charge on any atom is -0.504 e. The van der Waals surface area contributed by atoms with Gasteiger partial charge in [0.15, 0.2) is 11.3 Å². The Hall–Kier alpha value is -1.65. The number of phenolic OH excluding ortho intramolecular Hbond substituents is 1. The molecule has 0 aliphatic heterocycles. The minimum atomic E-state index is -4.52. The van der Waals surface area contributed by atoms with Crippen molar-refractivity contribution in [3.05, 3.63) is 30.0 Å². The lowest BCUT2D eigenvalue weighted by atomic mass is 10.2. The lowest BCUT2D eigenvalue weighted by Gasteiger charge is -1.99. The van der Waals surface area contributed by atoms with Gasteiger partial charge in [-0.3, -0.25) is 0 Å². The van der Waals surface area contributed by atoms with Crippen LogP contribution in [-0.4, -0.2) is 5.11 Å². The van der Waals surface area contributed by atoms with E-state index in [-0.39, 0.29) is 16.7 Å². The minimum absolute atomic E-state index is 0.139. The lowest BCUT2D eigenvalue weighted by molar-refractivity contribution is -0.152. The van der Waals surface area contributed by atoms with E-state index >= 15 is 0 Å². The maximum atomic E-state index is 12.2. The summed E-state index contributed by atoms with van der Waals surface area (Å²) in [5.41, 5.74) is -0.139. The molecule has 0 aliphatic carbocycles. The molecule has 0 amide bonds. The average Bonchev–Trinajstić information content (AvgIpc) is 2.48. The molecule has 2 rings (SSSR count). The smallest absolute Gasteiger partial charge is 0.449 e. The number of furan rings is 1. The van der Waals surface area contributed by atoms with Gasteiger partial charge in [-0.15, -0.1) is 0 Å². The number of halogens is 3. The Labute approximate surface area is 76.6 Å². The van der Waals surface area contributed by atoms with Gasteiger partial charge in [-0.25, -0.2) is 0 Å². The van der Waals surface area contributed by atoms with Crippen LogP contribution in [0.2, 0.25) is 0 Å². The van der Waals surface area contributed by atoms with Crippen molar-refractivity contribution in [3.8, 4) is 5.75 Å². The first-order valence-electron chi connectivity index (χ1n) is 3.77. The first-order valence-corrected chi connectivity index (χ1v) is 3.77. The molecule has 1 aromatic carbocycles. The van der Waals surface area contributed by atoms with Crippen LogP contribution in [0.1, 0.15) is 5.76 Å². The summed E-state index contributed by atoms with van der Waals surface area (Å²) >= 11 is 0. The van der Waals surface area contributed by atoms with Crippen molar-refractivity contribution in [2.24, 2.45) is 0 Å². The van der Waals surface area contributed by atoms with Gasteiger partial charge in [0.05, 0.1) is 0 Å². The third-order valence-corrected chi connectivity index (χ3v) is 1.80. The average molecular weight is 202 g/mol. The van der Waals surface area contributed by atoms with Crippen molar-refractivity contribution in [1.29, 1.82) is 0 Å². The highest BCUT2D eigenvalue weighted by Gasteiger charge is 2.35. The van der Waals surface area contributed by atoms with E-state index in [1.807, 2.05) is 0 Å². The summed E-state index contributed by atoms with van der Waals surface area (Å²) in [6.45, 7) is 0. The Balaban J connectivity index is 2.69. The number of phenols is 1. The van der Waals surface area contributed by atoms with Crippen molar-refractivity contribution in [2.75, 3.05) is 0 Å². The Morgan fingerprint density at radius 2 is 1.93 bits per heavy atom. The van der Waals surface area contributed by atoms with E-state index in [9.17, 15) is 18.3 Å². The molecule has 0 radical (unpaired) electrons. The summed E-state index contributed by atoms with van der Waals surface area (Å²) in [7, 11) is 0. The van der Waals surface area contributed by atoms with Crippen molar-refractivity contribution in [3.63, 3.8) is 0 Å². The number of benzene rings is 1. The van der Waals surface area contributed by atoms with Gasteiger partial charge in [-0.1, -0.05) is 12.1 Å². The normalized spacial score (nSPS) is 12.2. The lowest BCUT2D eigenvalue weighted by Crippen LogP contribution is -2.01. The van der Waals surface area contributed by atoms with E-state index in [1.165, 1.54) is 18.2 Å². The van der Waals surface area contributed by atoms with Gasteiger partial charge in [0.1, 0.15) is 0 Å². The highest BCUT2D eigenvalue weighted by molar-refractivity contribution is 5.83. The maximum Gasteiger partial charge on any atom is 0.449 e. The largest absolute Gasteiger partial charge is 0.504 e. The quantitative estimate of drug-likeness (QED) is 0.711. The molecule has 1 heterocycles. The van der Waals surface area contributed by atoms with E-state index in [1.54, 1.807) is 0 Å². The van der Waals surface area contributed by atoms with E-state index in [0.717, 1.165) is 6.07 Å². The number of para-hydroxylation sites is 1. The highest BCUT2D eigenvalue weighted by Crippen LogP contribution is 2.36. The number of alkyl halides is 3. The summed E-state index contributed by atoms with van der Waals surface area (Å²) < 4.78 is 41.0. The molecule has 2 aromatic rings. The fourth-order valence-electron chi connectivity index (χ4n) is 1.19. The third-order valence-electron chi connectivity index (χ3n) is 1.80. The van der Waals surface area contributed by atoms with Gasteiger partial charge in [-0.05, 0) is 12.1 Å². The zero-order valence-electron chi connectivity index (χ0n) is 6.80. The van der Waals surface area contributed by atoms with Gasteiger partial charge in [0.25, 0.3) is 0 Å². The molecule has 0 saturated heterocycles. The number of aromatic hydroxyl groups is 1. The molecule has 74 valence electrons. The van der Waals surface area contributed by atoms with E-state index in [0.29, 0.717) is 0 Å². The van der Waals surface area contributed by atoms with E-state index < -0.39 is 11.9 Å². The molecule has 1 N–H and O–H groups in total. The fraction of sp³-hybridized carbons (Fsp3) is 0.111. The topological polar surface area (TPSA) is 33.4 Å². The molecule has 5 heteroatoms. The van der Waals surface area contributed by atoms with Crippen LogP contribution in [0.5, 0.6) is 5.75 Å². The molecule has 0 bridgehead atoms. The van der Waals surface area contributed by atoms with Crippen LogP contribution in [0, 0.1) is 0 Å². The summed E-state index contributed by atoms with van der Waals surface area (Å²) in [5, 5.41) is 9.42. The Morgan fingerprint density at radius 1 is 1.21 bits per heavy atom. The first kappa shape index (κ1) is 8.93. The fourth-order valence-corrected chi connectivity index (χ4v) is 1.19. The van der Waals surface area contributed by atoms with Crippen LogP contribution in [0.3, 0.4) is 0 Å². The van der Waals surface area contributed by atoms with Gasteiger partial charge in [0, 0.05) is 5.39 Å². The van der Waals surface area contributed by atoms with Crippen LogP contribution < -0.4 is 0 Å². The van der Waals surface area contributed by atoms with E-state index in [2.05, 4.69) is 4.42 Å². The van der Waals surface area contributed by atoms with Crippen molar-refractivity contribution >= 4 is 11.0 Å². The summed E-state index contributed by atoms with van der Waals surface area (Å²) in [6.07, 6.45) is -4.52. The zero-order chi connectivity index (χ0) is 10.3. The van der Waals surface area contributed by atoms with Gasteiger partial charge in [-0.2, -0.15) is 13.2 Å². The Morgan fingerprint density at radius 3 is 2.50 bits per heavy atom. The van der Waals surface area contributed by atoms with Crippen LogP contribution >= 0.6 is 0 Å². The molecule has 0 aliphatic rings. The zero-order valence-corrected chi connectivity index (χ0v) is 6.80. The number of hydrogen-bond acceptors (Lipinski definition) is 2. The van der Waals surface area contributed by atoms with Crippen LogP contribution in [0.4, 0.5) is 13.2 Å². The summed E-state index contributed by atoms with van der Waals surface area (Å²) in [5.74, 6) is -1.40. The molecule has 0 spiro atoms. The second-order valence-corrected chi connectivity index (χ2v) is 2.80. The molecule has 0 unspecified atom stereocenters. The number of fused-ring (bicyclic) bond motifs is 1. The SMILES string of the molecule is Oc1cccc2cc(C(F)(F)F)oc12. The second kappa shape index (κ2) is 2.67. The third kappa shape index (κ3) is 1.30. The summed E-state index contributed by atoms with van der Waals surface area (Å²) in [4.78, 5) is 0. The van der Waals surface area contributed by atoms with E-state index in [4.69, 9.17) is 0 Å². The predicted octanol–water partition coefficient (Wildman–Crippen LogP) is 3.16. The summed E-state index contributed by atoms with van der Waals surface area (Å²) in [6, 6.07) is 5.02. The predicted molar refractivity (Wildman–Crippen MR) is 42.9 cm³/mol. The molecule has 1 aromatic heterocycles. The monoisotopic (exact) mass is 202 g/mol. The molecule has 0 saturated carbocycles. The molecule has 2 nitrogen and oxygen atoms in total. The first-order chi connectivity index (χ1) is 6.48. The Kier molecular flexibility index (Phi) is 1.70. The van der Waals surface area contributed by atoms with Gasteiger partial charge in [0.2, 0.25) is 5.76 Å². The number of hydrogen-bond donors (Lipinski definition) is 1. The van der Waals surface area contributed by atoms with Crippen molar-refractivity contribution in [1.82, 2.24) is 0 Å². The van der Waals surface area contributed by atoms with Crippen LogP contribution in [-0.2, 0) is 6.18 Å². The van der Waals surface area contributed by atoms with Crippen molar-refractivity contribution < 1.29 is 22.7 Å². The Bertz CT molecular complexity index is 470. The number of rotatable bonds is 0. The van der Waals surface area contributed by atoms with Crippen LogP contribution in [0.25, 0.3) is 11.0 Å². The molecular weight excluding hydrogens is 197 g/mol. The molecule has 0 fully saturated rings. The standard InChI is InChI=1S/C9H5F3O2/c10-9(11,12)7-4-5-2-1-3-6(13)8(5)14-7/h1-4,13H. The molecule has 0 atom stereocenters. The van der Waals surface area contributed by atoms with Crippen molar-refractivity contribution in [2.45, 2.75) is 6.18 Å². The van der Waals surface area contributed by atoms with Crippen LogP contribution in [0.15, 0.2) is 28.7 Å². The highest BCUT2D eigenvalue weighted by atomic mass is 19.4. The maximum absolute atomic E-state index is 12.2. The molecular formula is C9H5F3O2. The molecule has 14 heavy (non-hydrogen) atoms. The van der Waals surface area contributed by atoms with Gasteiger partial charge >= 0.3 is 6.18 Å².